The van der Waals surface area contributed by atoms with Gasteiger partial charge in [0.15, 0.2) is 0 Å². The van der Waals surface area contributed by atoms with Crippen molar-refractivity contribution in [3.8, 4) is 0 Å². The van der Waals surface area contributed by atoms with E-state index in [2.05, 4.69) is 0 Å². The monoisotopic (exact) mass is 361 g/mol. The first-order valence-electron chi connectivity index (χ1n) is 8.82. The molecule has 140 valence electrons. The lowest BCUT2D eigenvalue weighted by molar-refractivity contribution is 0.0189. The Morgan fingerprint density at radius 3 is 2.08 bits per heavy atom. The van der Waals surface area contributed by atoms with Gasteiger partial charge in [-0.2, -0.15) is 17.0 Å². The topological polar surface area (TPSA) is 70.2 Å². The Balaban J connectivity index is 1.91. The Kier molecular flexibility index (Phi) is 6.14. The molecule has 8 heteroatoms. The number of ether oxygens (including phenoxy) is 1. The fourth-order valence-corrected chi connectivity index (χ4v) is 4.82. The summed E-state index contributed by atoms with van der Waals surface area (Å²) in [6, 6.07) is 0.104. The quantitative estimate of drug-likeness (QED) is 0.771. The predicted molar refractivity (Wildman–Crippen MR) is 92.9 cm³/mol. The van der Waals surface area contributed by atoms with Crippen LogP contribution in [0, 0.1) is 0 Å². The summed E-state index contributed by atoms with van der Waals surface area (Å²) >= 11 is 0. The van der Waals surface area contributed by atoms with Gasteiger partial charge in [-0.05, 0) is 33.6 Å². The third-order valence-electron chi connectivity index (χ3n) is 4.67. The lowest BCUT2D eigenvalue weighted by Gasteiger charge is -2.38. The van der Waals surface area contributed by atoms with Crippen LogP contribution in [0.25, 0.3) is 0 Å². The Hall–Kier alpha value is -0.860. The number of hydrogen-bond acceptors (Lipinski definition) is 4. The van der Waals surface area contributed by atoms with Gasteiger partial charge in [0.05, 0.1) is 0 Å². The molecule has 0 unspecified atom stereocenters. The summed E-state index contributed by atoms with van der Waals surface area (Å²) in [6.45, 7) is 6.84. The van der Waals surface area contributed by atoms with Crippen molar-refractivity contribution in [1.29, 1.82) is 0 Å². The van der Waals surface area contributed by atoms with Crippen LogP contribution in [0.15, 0.2) is 0 Å². The molecule has 24 heavy (non-hydrogen) atoms. The molecule has 2 rings (SSSR count). The van der Waals surface area contributed by atoms with Crippen molar-refractivity contribution in [2.45, 2.75) is 64.5 Å². The smallest absolute Gasteiger partial charge is 0.410 e. The van der Waals surface area contributed by atoms with E-state index < -0.39 is 15.8 Å². The van der Waals surface area contributed by atoms with Crippen LogP contribution in [0.1, 0.15) is 52.9 Å². The van der Waals surface area contributed by atoms with Crippen molar-refractivity contribution < 1.29 is 17.9 Å². The number of nitrogens with zero attached hydrogens (tertiary/aromatic N) is 3. The highest BCUT2D eigenvalue weighted by molar-refractivity contribution is 7.86. The minimum absolute atomic E-state index is 0.104. The molecule has 1 aliphatic heterocycles. The van der Waals surface area contributed by atoms with E-state index in [0.717, 1.165) is 25.7 Å². The number of carbonyl (C=O) groups excluding carboxylic acids is 1. The van der Waals surface area contributed by atoms with Gasteiger partial charge < -0.3 is 9.64 Å². The number of rotatable bonds is 3. The maximum absolute atomic E-state index is 12.8. The first-order valence-corrected chi connectivity index (χ1v) is 10.2. The summed E-state index contributed by atoms with van der Waals surface area (Å²) in [4.78, 5) is 13.7. The zero-order chi connectivity index (χ0) is 18.0. The van der Waals surface area contributed by atoms with Crippen LogP contribution < -0.4 is 0 Å². The van der Waals surface area contributed by atoms with Crippen molar-refractivity contribution >= 4 is 16.3 Å². The van der Waals surface area contributed by atoms with Crippen LogP contribution >= 0.6 is 0 Å². The lowest BCUT2D eigenvalue weighted by atomic mass is 9.96. The van der Waals surface area contributed by atoms with Crippen LogP contribution in [-0.4, -0.2) is 72.9 Å². The van der Waals surface area contributed by atoms with Crippen molar-refractivity contribution in [3.05, 3.63) is 0 Å². The number of hydrogen-bond donors (Lipinski definition) is 0. The molecule has 0 radical (unpaired) electrons. The van der Waals surface area contributed by atoms with Crippen LogP contribution in [0.2, 0.25) is 0 Å². The Bertz CT molecular complexity index is 530. The molecule has 0 aromatic carbocycles. The zero-order valence-corrected chi connectivity index (χ0v) is 16.1. The Morgan fingerprint density at radius 1 is 1.04 bits per heavy atom. The predicted octanol–water partition coefficient (Wildman–Crippen LogP) is 2.05. The highest BCUT2D eigenvalue weighted by Gasteiger charge is 2.36. The minimum atomic E-state index is -3.46. The molecule has 1 saturated heterocycles. The van der Waals surface area contributed by atoms with E-state index in [0.29, 0.717) is 26.2 Å². The molecule has 2 fully saturated rings. The summed E-state index contributed by atoms with van der Waals surface area (Å²) in [7, 11) is -1.77. The third kappa shape index (κ3) is 4.83. The molecule has 2 aliphatic rings. The fraction of sp³-hybridized carbons (Fsp3) is 0.938. The lowest BCUT2D eigenvalue weighted by Crippen LogP contribution is -2.55. The molecule has 1 aliphatic carbocycles. The SMILES string of the molecule is CN(C1CCCCC1)S(=O)(=O)N1CCN(C(=O)OC(C)(C)C)CC1. The van der Waals surface area contributed by atoms with E-state index >= 15 is 0 Å². The molecular weight excluding hydrogens is 330 g/mol. The largest absolute Gasteiger partial charge is 0.444 e. The Morgan fingerprint density at radius 2 is 1.58 bits per heavy atom. The maximum atomic E-state index is 12.8. The van der Waals surface area contributed by atoms with Crippen LogP contribution in [-0.2, 0) is 14.9 Å². The number of carbonyl (C=O) groups is 1. The average molecular weight is 362 g/mol. The average Bonchev–Trinajstić information content (AvgIpc) is 2.53. The molecule has 0 aromatic heterocycles. The van der Waals surface area contributed by atoms with E-state index in [1.807, 2.05) is 20.8 Å². The first-order chi connectivity index (χ1) is 11.1. The van der Waals surface area contributed by atoms with Crippen LogP contribution in [0.5, 0.6) is 0 Å². The molecule has 1 saturated carbocycles. The van der Waals surface area contributed by atoms with Crippen molar-refractivity contribution in [1.82, 2.24) is 13.5 Å². The highest BCUT2D eigenvalue weighted by Crippen LogP contribution is 2.25. The molecule has 7 nitrogen and oxygen atoms in total. The second-order valence-corrected chi connectivity index (χ2v) is 9.67. The molecule has 1 heterocycles. The number of amides is 1. The molecule has 0 atom stereocenters. The Labute approximate surface area is 146 Å². The van der Waals surface area contributed by atoms with Gasteiger partial charge in [-0.25, -0.2) is 4.79 Å². The van der Waals surface area contributed by atoms with E-state index in [1.54, 1.807) is 11.9 Å². The maximum Gasteiger partial charge on any atom is 0.410 e. The van der Waals surface area contributed by atoms with Gasteiger partial charge in [0, 0.05) is 39.3 Å². The summed E-state index contributed by atoms with van der Waals surface area (Å²) in [5, 5.41) is 0. The summed E-state index contributed by atoms with van der Waals surface area (Å²) in [6.07, 6.45) is 4.88. The fourth-order valence-electron chi connectivity index (χ4n) is 3.24. The standard InChI is InChI=1S/C16H31N3O4S/c1-16(2,3)23-15(20)18-10-12-19(13-11-18)24(21,22)17(4)14-8-6-5-7-9-14/h14H,5-13H2,1-4H3. The highest BCUT2D eigenvalue weighted by atomic mass is 32.2. The van der Waals surface area contributed by atoms with Crippen molar-refractivity contribution in [2.24, 2.45) is 0 Å². The van der Waals surface area contributed by atoms with Gasteiger partial charge in [0.25, 0.3) is 10.2 Å². The van der Waals surface area contributed by atoms with Crippen molar-refractivity contribution in [3.63, 3.8) is 0 Å². The summed E-state index contributed by atoms with van der Waals surface area (Å²) in [5.41, 5.74) is -0.540. The van der Waals surface area contributed by atoms with Crippen LogP contribution in [0.3, 0.4) is 0 Å². The van der Waals surface area contributed by atoms with E-state index in [1.165, 1.54) is 15.0 Å². The van der Waals surface area contributed by atoms with Gasteiger partial charge in [0.2, 0.25) is 0 Å². The minimum Gasteiger partial charge on any atom is -0.444 e. The van der Waals surface area contributed by atoms with E-state index in [9.17, 15) is 13.2 Å². The molecule has 0 spiro atoms. The normalized spacial score (nSPS) is 22.0. The second kappa shape index (κ2) is 7.58. The van der Waals surface area contributed by atoms with Gasteiger partial charge in [-0.3, -0.25) is 0 Å². The van der Waals surface area contributed by atoms with Gasteiger partial charge in [0.1, 0.15) is 5.60 Å². The van der Waals surface area contributed by atoms with Gasteiger partial charge >= 0.3 is 6.09 Å². The summed E-state index contributed by atoms with van der Waals surface area (Å²) in [5.74, 6) is 0. The molecule has 0 N–H and O–H groups in total. The number of piperazine rings is 1. The molecule has 1 amide bonds. The van der Waals surface area contributed by atoms with E-state index in [-0.39, 0.29) is 12.1 Å². The third-order valence-corrected chi connectivity index (χ3v) is 6.71. The molecular formula is C16H31N3O4S. The molecule has 0 aromatic rings. The van der Waals surface area contributed by atoms with Crippen molar-refractivity contribution in [2.75, 3.05) is 33.2 Å². The second-order valence-electron chi connectivity index (χ2n) is 7.68. The van der Waals surface area contributed by atoms with E-state index in [4.69, 9.17) is 4.74 Å². The first kappa shape index (κ1) is 19.5. The zero-order valence-electron chi connectivity index (χ0n) is 15.3. The van der Waals surface area contributed by atoms with Crippen LogP contribution in [0.4, 0.5) is 4.79 Å². The summed E-state index contributed by atoms with van der Waals surface area (Å²) < 4.78 is 34.0. The molecule has 0 bridgehead atoms. The van der Waals surface area contributed by atoms with Gasteiger partial charge in [-0.1, -0.05) is 19.3 Å². The van der Waals surface area contributed by atoms with Gasteiger partial charge in [-0.15, -0.1) is 0 Å².